The average Bonchev–Trinajstić information content (AvgIpc) is 2.80. The van der Waals surface area contributed by atoms with E-state index in [0.29, 0.717) is 34.9 Å². The number of aromatic nitrogens is 2. The molecule has 2 aliphatic rings. The first-order valence-corrected chi connectivity index (χ1v) is 12.1. The lowest BCUT2D eigenvalue weighted by atomic mass is 9.82. The lowest BCUT2D eigenvalue weighted by Gasteiger charge is -2.49. The molecule has 2 fully saturated rings. The van der Waals surface area contributed by atoms with E-state index in [1.54, 1.807) is 35.2 Å². The van der Waals surface area contributed by atoms with Gasteiger partial charge in [0.2, 0.25) is 5.88 Å². The molecule has 190 valence electrons. The second kappa shape index (κ2) is 10.5. The molecule has 0 aliphatic carbocycles. The molecule has 10 heteroatoms. The van der Waals surface area contributed by atoms with Crippen molar-refractivity contribution in [3.05, 3.63) is 35.4 Å². The van der Waals surface area contributed by atoms with Crippen LogP contribution in [0.15, 0.2) is 30.3 Å². The van der Waals surface area contributed by atoms with Crippen molar-refractivity contribution in [2.45, 2.75) is 76.4 Å². The number of alkyl halides is 1. The van der Waals surface area contributed by atoms with E-state index >= 15 is 4.39 Å². The number of nitrogens with zero attached hydrogens (tertiary/aromatic N) is 3. The number of ether oxygens (including phenoxy) is 4. The number of hydrogen-bond donors (Lipinski definition) is 0. The molecule has 0 spiro atoms. The summed E-state index contributed by atoms with van der Waals surface area (Å²) in [5.74, 6) is 0.729. The van der Waals surface area contributed by atoms with Gasteiger partial charge in [0, 0.05) is 36.2 Å². The summed E-state index contributed by atoms with van der Waals surface area (Å²) in [7, 11) is 1.53. The van der Waals surface area contributed by atoms with Crippen LogP contribution in [-0.4, -0.2) is 65.1 Å². The molecule has 2 aliphatic heterocycles. The largest absolute Gasteiger partial charge is 0.470 e. The second-order valence-electron chi connectivity index (χ2n) is 9.82. The third-order valence-electron chi connectivity index (χ3n) is 6.08. The molecule has 1 aromatic carbocycles. The highest BCUT2D eigenvalue weighted by Gasteiger charge is 2.49. The van der Waals surface area contributed by atoms with E-state index in [1.807, 2.05) is 20.8 Å². The Labute approximate surface area is 209 Å². The van der Waals surface area contributed by atoms with Crippen molar-refractivity contribution in [1.82, 2.24) is 15.1 Å². The Hall–Kier alpha value is -2.65. The molecule has 4 atom stereocenters. The number of fused-ring (bicyclic) bond motifs is 2. The van der Waals surface area contributed by atoms with Crippen LogP contribution in [0.5, 0.6) is 11.6 Å². The third kappa shape index (κ3) is 5.95. The highest BCUT2D eigenvalue weighted by Crippen LogP contribution is 2.38. The molecule has 0 N–H and O–H groups in total. The summed E-state index contributed by atoms with van der Waals surface area (Å²) in [5, 5.41) is 8.93. The standard InChI is InChI=1S/C25H31ClFN3O5/c1-25(2,3)35-24(31)30-16-6-5-7-19(30)23(27)21(13-16)34-22-11-10-18(28-29-22)17-9-8-15(26)12-20(17)33-14-32-4/h8-12,16,19,21,23H,5-7,13-14H2,1-4H3/t16-,19+,21-,23+/m1/s1. The Morgan fingerprint density at radius 1 is 1.20 bits per heavy atom. The summed E-state index contributed by atoms with van der Waals surface area (Å²) < 4.78 is 37.6. The normalized spacial score (nSPS) is 24.1. The van der Waals surface area contributed by atoms with Gasteiger partial charge in [0.15, 0.2) is 13.0 Å². The van der Waals surface area contributed by atoms with Crippen LogP contribution in [0, 0.1) is 0 Å². The van der Waals surface area contributed by atoms with Crippen molar-refractivity contribution in [3.8, 4) is 22.9 Å². The van der Waals surface area contributed by atoms with E-state index in [9.17, 15) is 4.79 Å². The molecule has 0 saturated carbocycles. The van der Waals surface area contributed by atoms with Gasteiger partial charge in [-0.2, -0.15) is 0 Å². The summed E-state index contributed by atoms with van der Waals surface area (Å²) in [6.45, 7) is 5.48. The molecule has 0 radical (unpaired) electrons. The predicted molar refractivity (Wildman–Crippen MR) is 128 cm³/mol. The van der Waals surface area contributed by atoms with Gasteiger partial charge in [0.05, 0.1) is 11.7 Å². The van der Waals surface area contributed by atoms with Gasteiger partial charge in [-0.25, -0.2) is 9.18 Å². The fourth-order valence-corrected chi connectivity index (χ4v) is 4.81. The van der Waals surface area contributed by atoms with Crippen LogP contribution in [0.4, 0.5) is 9.18 Å². The van der Waals surface area contributed by atoms with Crippen LogP contribution < -0.4 is 9.47 Å². The number of methoxy groups -OCH3 is 1. The van der Waals surface area contributed by atoms with Gasteiger partial charge in [-0.1, -0.05) is 11.6 Å². The second-order valence-corrected chi connectivity index (χ2v) is 10.3. The molecular formula is C25H31ClFN3O5. The van der Waals surface area contributed by atoms with E-state index in [2.05, 4.69) is 10.2 Å². The number of rotatable bonds is 6. The van der Waals surface area contributed by atoms with Crippen LogP contribution >= 0.6 is 11.6 Å². The number of carbonyl (C=O) groups is 1. The van der Waals surface area contributed by atoms with Gasteiger partial charge in [0.1, 0.15) is 17.5 Å². The quantitative estimate of drug-likeness (QED) is 0.482. The molecule has 35 heavy (non-hydrogen) atoms. The highest BCUT2D eigenvalue weighted by atomic mass is 35.5. The number of carbonyl (C=O) groups excluding carboxylic acids is 1. The Balaban J connectivity index is 1.47. The SMILES string of the molecule is COCOc1cc(Cl)ccc1-c1ccc(O[C@@H]2C[C@H]3CCC[C@@H]([C@@H]2F)N3C(=O)OC(C)(C)C)nn1. The molecule has 2 saturated heterocycles. The van der Waals surface area contributed by atoms with Crippen molar-refractivity contribution >= 4 is 17.7 Å². The summed E-state index contributed by atoms with van der Waals surface area (Å²) in [6.07, 6.45) is 0.0471. The molecule has 1 amide bonds. The molecule has 2 bridgehead atoms. The Morgan fingerprint density at radius 2 is 2.00 bits per heavy atom. The fraction of sp³-hybridized carbons (Fsp3) is 0.560. The van der Waals surface area contributed by atoms with Crippen LogP contribution in [0.2, 0.25) is 5.02 Å². The van der Waals surface area contributed by atoms with Crippen LogP contribution in [-0.2, 0) is 9.47 Å². The van der Waals surface area contributed by atoms with E-state index < -0.39 is 30.0 Å². The van der Waals surface area contributed by atoms with Gasteiger partial charge in [-0.3, -0.25) is 4.90 Å². The number of piperidine rings is 2. The van der Waals surface area contributed by atoms with Crippen molar-refractivity contribution in [1.29, 1.82) is 0 Å². The topological polar surface area (TPSA) is 83.0 Å². The minimum Gasteiger partial charge on any atom is -0.470 e. The third-order valence-corrected chi connectivity index (χ3v) is 6.32. The molecular weight excluding hydrogens is 477 g/mol. The van der Waals surface area contributed by atoms with Crippen molar-refractivity contribution in [2.24, 2.45) is 0 Å². The highest BCUT2D eigenvalue weighted by molar-refractivity contribution is 6.30. The Kier molecular flexibility index (Phi) is 7.66. The molecule has 8 nitrogen and oxygen atoms in total. The maximum atomic E-state index is 15.5. The molecule has 3 heterocycles. The van der Waals surface area contributed by atoms with Crippen molar-refractivity contribution < 1.29 is 28.1 Å². The van der Waals surface area contributed by atoms with Crippen molar-refractivity contribution in [3.63, 3.8) is 0 Å². The smallest absolute Gasteiger partial charge is 0.410 e. The predicted octanol–water partition coefficient (Wildman–Crippen LogP) is 5.43. The minimum absolute atomic E-state index is 0.0597. The van der Waals surface area contributed by atoms with E-state index in [1.165, 1.54) is 7.11 Å². The number of halogens is 2. The first-order chi connectivity index (χ1) is 16.7. The zero-order chi connectivity index (χ0) is 25.2. The Bertz CT molecular complexity index is 1030. The minimum atomic E-state index is -1.36. The summed E-state index contributed by atoms with van der Waals surface area (Å²) in [6, 6.07) is 7.85. The van der Waals surface area contributed by atoms with Gasteiger partial charge in [-0.05, 0) is 64.3 Å². The average molecular weight is 508 g/mol. The van der Waals surface area contributed by atoms with Crippen LogP contribution in [0.1, 0.15) is 46.5 Å². The first-order valence-electron chi connectivity index (χ1n) is 11.7. The summed E-state index contributed by atoms with van der Waals surface area (Å²) in [5.41, 5.74) is 0.600. The monoisotopic (exact) mass is 507 g/mol. The van der Waals surface area contributed by atoms with Crippen molar-refractivity contribution in [2.75, 3.05) is 13.9 Å². The van der Waals surface area contributed by atoms with Crippen LogP contribution in [0.3, 0.4) is 0 Å². The maximum Gasteiger partial charge on any atom is 0.410 e. The lowest BCUT2D eigenvalue weighted by molar-refractivity contribution is -0.0802. The fourth-order valence-electron chi connectivity index (χ4n) is 4.65. The summed E-state index contributed by atoms with van der Waals surface area (Å²) in [4.78, 5) is 14.4. The van der Waals surface area contributed by atoms with E-state index in [0.717, 1.165) is 12.8 Å². The first kappa shape index (κ1) is 25.4. The zero-order valence-corrected chi connectivity index (χ0v) is 21.1. The van der Waals surface area contributed by atoms with E-state index in [-0.39, 0.29) is 18.7 Å². The molecule has 2 aromatic rings. The molecule has 4 rings (SSSR count). The summed E-state index contributed by atoms with van der Waals surface area (Å²) >= 11 is 6.09. The molecule has 0 unspecified atom stereocenters. The van der Waals surface area contributed by atoms with Crippen LogP contribution in [0.25, 0.3) is 11.3 Å². The zero-order valence-electron chi connectivity index (χ0n) is 20.4. The number of amides is 1. The Morgan fingerprint density at radius 3 is 2.69 bits per heavy atom. The van der Waals surface area contributed by atoms with Gasteiger partial charge in [-0.15, -0.1) is 10.2 Å². The van der Waals surface area contributed by atoms with Gasteiger partial charge in [0.25, 0.3) is 0 Å². The number of hydrogen-bond acceptors (Lipinski definition) is 7. The molecule has 1 aromatic heterocycles. The van der Waals surface area contributed by atoms with Gasteiger partial charge < -0.3 is 18.9 Å². The lowest BCUT2D eigenvalue weighted by Crippen LogP contribution is -2.63. The van der Waals surface area contributed by atoms with E-state index in [4.69, 9.17) is 30.5 Å². The number of benzene rings is 1. The van der Waals surface area contributed by atoms with Gasteiger partial charge >= 0.3 is 6.09 Å². The maximum absolute atomic E-state index is 15.5.